The first-order chi connectivity index (χ1) is 8.72. The molecule has 3 heteroatoms. The fourth-order valence-electron chi connectivity index (χ4n) is 2.41. The third-order valence-corrected chi connectivity index (χ3v) is 3.92. The van der Waals surface area contributed by atoms with Gasteiger partial charge >= 0.3 is 0 Å². The summed E-state index contributed by atoms with van der Waals surface area (Å²) in [4.78, 5) is 2.39. The normalized spacial score (nSPS) is 14.8. The highest BCUT2D eigenvalue weighted by molar-refractivity contribution is 6.31. The average molecular weight is 278 g/mol. The number of benzene rings is 2. The van der Waals surface area contributed by atoms with Gasteiger partial charge in [0.1, 0.15) is 0 Å². The molecule has 0 aliphatic carbocycles. The van der Waals surface area contributed by atoms with Gasteiger partial charge in [-0.15, -0.1) is 0 Å². The zero-order valence-corrected chi connectivity index (χ0v) is 11.4. The molecule has 1 aliphatic rings. The second-order valence-electron chi connectivity index (χ2n) is 4.65. The lowest BCUT2D eigenvalue weighted by atomic mass is 10.1. The van der Waals surface area contributed by atoms with Crippen molar-refractivity contribution in [3.05, 3.63) is 69.2 Å². The van der Waals surface area contributed by atoms with Gasteiger partial charge in [-0.2, -0.15) is 0 Å². The van der Waals surface area contributed by atoms with Crippen LogP contribution in [0.3, 0.4) is 0 Å². The highest BCUT2D eigenvalue weighted by atomic mass is 35.5. The molecule has 3 rings (SSSR count). The van der Waals surface area contributed by atoms with Gasteiger partial charge in [-0.25, -0.2) is 0 Å². The van der Waals surface area contributed by atoms with Crippen molar-refractivity contribution in [3.63, 3.8) is 0 Å². The van der Waals surface area contributed by atoms with Crippen molar-refractivity contribution in [2.45, 2.75) is 19.6 Å². The Bertz CT molecular complexity index is 563. The minimum Gasteiger partial charge on any atom is -0.291 e. The van der Waals surface area contributed by atoms with E-state index < -0.39 is 0 Å². The van der Waals surface area contributed by atoms with E-state index >= 15 is 0 Å². The van der Waals surface area contributed by atoms with Crippen LogP contribution in [0.25, 0.3) is 0 Å². The molecule has 0 aromatic heterocycles. The van der Waals surface area contributed by atoms with E-state index in [1.807, 2.05) is 24.3 Å². The lowest BCUT2D eigenvalue weighted by Gasteiger charge is -2.14. The van der Waals surface area contributed by atoms with Gasteiger partial charge < -0.3 is 0 Å². The molecule has 0 unspecified atom stereocenters. The molecule has 1 heterocycles. The van der Waals surface area contributed by atoms with Gasteiger partial charge in [-0.1, -0.05) is 47.5 Å². The van der Waals surface area contributed by atoms with Gasteiger partial charge in [0.2, 0.25) is 0 Å². The quantitative estimate of drug-likeness (QED) is 0.781. The van der Waals surface area contributed by atoms with Crippen LogP contribution in [0.2, 0.25) is 10.0 Å². The van der Waals surface area contributed by atoms with E-state index in [-0.39, 0.29) is 0 Å². The summed E-state index contributed by atoms with van der Waals surface area (Å²) in [6.07, 6.45) is 0. The molecule has 0 atom stereocenters. The Morgan fingerprint density at radius 3 is 2.44 bits per heavy atom. The molecule has 0 amide bonds. The van der Waals surface area contributed by atoms with Crippen molar-refractivity contribution in [2.75, 3.05) is 0 Å². The predicted octanol–water partition coefficient (Wildman–Crippen LogP) is 4.51. The molecule has 0 N–H and O–H groups in total. The van der Waals surface area contributed by atoms with E-state index in [1.54, 1.807) is 0 Å². The standard InChI is InChI=1S/C15H13Cl2N/c16-13-6-4-11(5-7-13)8-18-9-12-2-1-3-15(17)14(12)10-18/h1-7H,8-10H2. The van der Waals surface area contributed by atoms with Crippen LogP contribution in [-0.2, 0) is 19.6 Å². The maximum atomic E-state index is 6.21. The SMILES string of the molecule is Clc1ccc(CN2Cc3cccc(Cl)c3C2)cc1. The molecule has 0 saturated heterocycles. The highest BCUT2D eigenvalue weighted by Crippen LogP contribution is 2.29. The molecule has 2 aromatic rings. The monoisotopic (exact) mass is 277 g/mol. The van der Waals surface area contributed by atoms with Crippen molar-refractivity contribution in [2.24, 2.45) is 0 Å². The number of nitrogens with zero attached hydrogens (tertiary/aromatic N) is 1. The largest absolute Gasteiger partial charge is 0.291 e. The Morgan fingerprint density at radius 2 is 1.72 bits per heavy atom. The topological polar surface area (TPSA) is 3.24 Å². The van der Waals surface area contributed by atoms with Gasteiger partial charge in [0.25, 0.3) is 0 Å². The number of halogens is 2. The van der Waals surface area contributed by atoms with Crippen LogP contribution in [-0.4, -0.2) is 4.90 Å². The van der Waals surface area contributed by atoms with Crippen LogP contribution in [0.4, 0.5) is 0 Å². The summed E-state index contributed by atoms with van der Waals surface area (Å²) < 4.78 is 0. The van der Waals surface area contributed by atoms with Crippen LogP contribution in [0, 0.1) is 0 Å². The van der Waals surface area contributed by atoms with Crippen molar-refractivity contribution >= 4 is 23.2 Å². The molecule has 0 bridgehead atoms. The molecule has 2 aromatic carbocycles. The summed E-state index contributed by atoms with van der Waals surface area (Å²) in [5.74, 6) is 0. The van der Waals surface area contributed by atoms with Crippen molar-refractivity contribution in [1.29, 1.82) is 0 Å². The first kappa shape index (κ1) is 12.0. The molecule has 1 aliphatic heterocycles. The second-order valence-corrected chi connectivity index (χ2v) is 5.49. The summed E-state index contributed by atoms with van der Waals surface area (Å²) in [5.41, 5.74) is 3.90. The minimum absolute atomic E-state index is 0.784. The predicted molar refractivity (Wildman–Crippen MR) is 75.9 cm³/mol. The fourth-order valence-corrected chi connectivity index (χ4v) is 2.79. The summed E-state index contributed by atoms with van der Waals surface area (Å²) in [6, 6.07) is 14.2. The minimum atomic E-state index is 0.784. The molecule has 0 fully saturated rings. The number of rotatable bonds is 2. The Balaban J connectivity index is 1.75. The number of hydrogen-bond acceptors (Lipinski definition) is 1. The number of fused-ring (bicyclic) bond motifs is 1. The van der Waals surface area contributed by atoms with Gasteiger partial charge in [0.15, 0.2) is 0 Å². The molecule has 0 saturated carbocycles. The maximum Gasteiger partial charge on any atom is 0.0454 e. The summed E-state index contributed by atoms with van der Waals surface area (Å²) >= 11 is 12.1. The van der Waals surface area contributed by atoms with E-state index in [0.29, 0.717) is 0 Å². The zero-order valence-electron chi connectivity index (χ0n) is 9.87. The maximum absolute atomic E-state index is 6.21. The molecule has 18 heavy (non-hydrogen) atoms. The second kappa shape index (κ2) is 4.93. The van der Waals surface area contributed by atoms with Crippen LogP contribution in [0.1, 0.15) is 16.7 Å². The van der Waals surface area contributed by atoms with E-state index in [4.69, 9.17) is 23.2 Å². The average Bonchev–Trinajstić information content (AvgIpc) is 2.76. The van der Waals surface area contributed by atoms with Gasteiger partial charge in [-0.3, -0.25) is 4.90 Å². The molecule has 92 valence electrons. The third kappa shape index (κ3) is 2.39. The van der Waals surface area contributed by atoms with Gasteiger partial charge in [0.05, 0.1) is 0 Å². The third-order valence-electron chi connectivity index (χ3n) is 3.31. The van der Waals surface area contributed by atoms with Crippen molar-refractivity contribution in [1.82, 2.24) is 4.90 Å². The first-order valence-electron chi connectivity index (χ1n) is 5.95. The summed E-state index contributed by atoms with van der Waals surface area (Å²) in [6.45, 7) is 2.83. The van der Waals surface area contributed by atoms with Crippen molar-refractivity contribution < 1.29 is 0 Å². The van der Waals surface area contributed by atoms with Gasteiger partial charge in [-0.05, 0) is 34.9 Å². The number of hydrogen-bond donors (Lipinski definition) is 0. The van der Waals surface area contributed by atoms with E-state index in [1.165, 1.54) is 16.7 Å². The van der Waals surface area contributed by atoms with Crippen LogP contribution in [0.5, 0.6) is 0 Å². The van der Waals surface area contributed by atoms with Crippen molar-refractivity contribution in [3.8, 4) is 0 Å². The Labute approximate surface area is 117 Å². The Morgan fingerprint density at radius 1 is 0.944 bits per heavy atom. The molecule has 1 nitrogen and oxygen atoms in total. The summed E-state index contributed by atoms with van der Waals surface area (Å²) in [7, 11) is 0. The van der Waals surface area contributed by atoms with E-state index in [0.717, 1.165) is 29.7 Å². The molecular weight excluding hydrogens is 265 g/mol. The molecular formula is C15H13Cl2N. The van der Waals surface area contributed by atoms with E-state index in [2.05, 4.69) is 23.1 Å². The first-order valence-corrected chi connectivity index (χ1v) is 6.71. The molecule has 0 radical (unpaired) electrons. The molecule has 0 spiro atoms. The highest BCUT2D eigenvalue weighted by Gasteiger charge is 2.20. The van der Waals surface area contributed by atoms with E-state index in [9.17, 15) is 0 Å². The fraction of sp³-hybridized carbons (Fsp3) is 0.200. The zero-order chi connectivity index (χ0) is 12.5. The Hall–Kier alpha value is -1.02. The Kier molecular flexibility index (Phi) is 3.29. The summed E-state index contributed by atoms with van der Waals surface area (Å²) in [5, 5.41) is 1.66. The van der Waals surface area contributed by atoms with Crippen LogP contribution in [0.15, 0.2) is 42.5 Å². The van der Waals surface area contributed by atoms with Crippen LogP contribution < -0.4 is 0 Å². The van der Waals surface area contributed by atoms with Gasteiger partial charge in [0, 0.05) is 29.7 Å². The lowest BCUT2D eigenvalue weighted by Crippen LogP contribution is -2.15. The smallest absolute Gasteiger partial charge is 0.0454 e. The van der Waals surface area contributed by atoms with Crippen LogP contribution >= 0.6 is 23.2 Å². The lowest BCUT2D eigenvalue weighted by molar-refractivity contribution is 0.275.